The molecule has 2 amide bonds. The van der Waals surface area contributed by atoms with E-state index in [0.717, 1.165) is 10.4 Å². The van der Waals surface area contributed by atoms with Crippen molar-refractivity contribution in [3.05, 3.63) is 50.9 Å². The molecule has 132 valence electrons. The second kappa shape index (κ2) is 7.67. The third-order valence-corrected chi connectivity index (χ3v) is 4.99. The van der Waals surface area contributed by atoms with E-state index in [2.05, 4.69) is 10.1 Å². The van der Waals surface area contributed by atoms with E-state index >= 15 is 0 Å². The number of ether oxygens (including phenoxy) is 1. The van der Waals surface area contributed by atoms with Crippen LogP contribution in [0.5, 0.6) is 0 Å². The zero-order valence-corrected chi connectivity index (χ0v) is 15.5. The van der Waals surface area contributed by atoms with Gasteiger partial charge in [0.25, 0.3) is 5.91 Å². The Morgan fingerprint density at radius 3 is 2.36 bits per heavy atom. The van der Waals surface area contributed by atoms with Gasteiger partial charge in [0.2, 0.25) is 0 Å². The number of carbonyl (C=O) groups excluding carboxylic acids is 3. The smallest absolute Gasteiger partial charge is 0.405 e. The van der Waals surface area contributed by atoms with Gasteiger partial charge in [-0.15, -0.1) is 11.3 Å². The molecule has 1 atom stereocenters. The predicted molar refractivity (Wildman–Crippen MR) is 97.4 cm³/mol. The molecule has 0 fully saturated rings. The normalized spacial score (nSPS) is 11.7. The van der Waals surface area contributed by atoms with Crippen molar-refractivity contribution in [1.82, 2.24) is 0 Å². The molecular formula is C17H17ClN2O4S. The van der Waals surface area contributed by atoms with Crippen LogP contribution in [-0.4, -0.2) is 23.9 Å². The average Bonchev–Trinajstić information content (AvgIpc) is 2.81. The van der Waals surface area contributed by atoms with Crippen LogP contribution in [-0.2, 0) is 9.53 Å². The Kier molecular flexibility index (Phi) is 5.81. The van der Waals surface area contributed by atoms with Crippen LogP contribution in [0.1, 0.15) is 33.3 Å². The minimum atomic E-state index is -1.07. The molecule has 0 saturated heterocycles. The Labute approximate surface area is 153 Å². The molecule has 1 aromatic heterocycles. The molecule has 0 bridgehead atoms. The minimum Gasteiger partial charge on any atom is -0.437 e. The highest BCUT2D eigenvalue weighted by atomic mass is 35.5. The number of hydrogen-bond donors (Lipinski definition) is 2. The summed E-state index contributed by atoms with van der Waals surface area (Å²) in [6.45, 7) is 5.07. The van der Waals surface area contributed by atoms with Crippen molar-refractivity contribution in [3.63, 3.8) is 0 Å². The SMILES string of the molecule is Cc1sc(NC(=O)C(C)OC(N)=O)c(C(=O)c2ccc(Cl)cc2)c1C. The number of benzene rings is 1. The summed E-state index contributed by atoms with van der Waals surface area (Å²) in [5.74, 6) is -0.789. The van der Waals surface area contributed by atoms with Gasteiger partial charge < -0.3 is 15.8 Å². The van der Waals surface area contributed by atoms with Gasteiger partial charge in [0, 0.05) is 15.5 Å². The fourth-order valence-electron chi connectivity index (χ4n) is 2.18. The predicted octanol–water partition coefficient (Wildman–Crippen LogP) is 3.67. The Bertz CT molecular complexity index is 830. The molecule has 25 heavy (non-hydrogen) atoms. The number of hydrogen-bond acceptors (Lipinski definition) is 5. The largest absolute Gasteiger partial charge is 0.437 e. The van der Waals surface area contributed by atoms with E-state index in [9.17, 15) is 14.4 Å². The second-order valence-electron chi connectivity index (χ2n) is 5.39. The molecule has 6 nitrogen and oxygen atoms in total. The molecule has 0 saturated carbocycles. The lowest BCUT2D eigenvalue weighted by Crippen LogP contribution is -2.32. The molecule has 0 spiro atoms. The summed E-state index contributed by atoms with van der Waals surface area (Å²) in [4.78, 5) is 36.7. The molecular weight excluding hydrogens is 364 g/mol. The molecule has 3 N–H and O–H groups in total. The quantitative estimate of drug-likeness (QED) is 0.773. The molecule has 0 radical (unpaired) electrons. The van der Waals surface area contributed by atoms with Crippen LogP contribution in [0.2, 0.25) is 5.02 Å². The Balaban J connectivity index is 2.33. The van der Waals surface area contributed by atoms with E-state index in [-0.39, 0.29) is 5.78 Å². The minimum absolute atomic E-state index is 0.225. The summed E-state index contributed by atoms with van der Waals surface area (Å²) < 4.78 is 4.65. The van der Waals surface area contributed by atoms with Crippen LogP contribution in [0.15, 0.2) is 24.3 Å². The maximum atomic E-state index is 12.8. The standard InChI is InChI=1S/C17H17ClN2O4S/c1-8-10(3)25-16(20-15(22)9(2)24-17(19)23)13(8)14(21)11-4-6-12(18)7-5-11/h4-7,9H,1-3H3,(H2,19,23)(H,20,22). The third-order valence-electron chi connectivity index (χ3n) is 3.62. The lowest BCUT2D eigenvalue weighted by molar-refractivity contribution is -0.123. The van der Waals surface area contributed by atoms with Gasteiger partial charge in [-0.1, -0.05) is 11.6 Å². The number of nitrogens with two attached hydrogens (primary N) is 1. The van der Waals surface area contributed by atoms with E-state index in [1.54, 1.807) is 24.3 Å². The van der Waals surface area contributed by atoms with Crippen molar-refractivity contribution in [1.29, 1.82) is 0 Å². The molecule has 1 heterocycles. The first kappa shape index (κ1) is 19.0. The molecule has 1 aromatic carbocycles. The van der Waals surface area contributed by atoms with Gasteiger partial charge in [0.15, 0.2) is 11.9 Å². The highest BCUT2D eigenvalue weighted by Crippen LogP contribution is 2.34. The summed E-state index contributed by atoms with van der Waals surface area (Å²) >= 11 is 7.14. The number of primary amides is 1. The van der Waals surface area contributed by atoms with Crippen LogP contribution < -0.4 is 11.1 Å². The van der Waals surface area contributed by atoms with Crippen LogP contribution in [0, 0.1) is 13.8 Å². The average molecular weight is 381 g/mol. The lowest BCUT2D eigenvalue weighted by Gasteiger charge is -2.12. The molecule has 2 aromatic rings. The first-order valence-corrected chi connectivity index (χ1v) is 8.57. The zero-order chi connectivity index (χ0) is 18.7. The lowest BCUT2D eigenvalue weighted by atomic mass is 10.0. The molecule has 1 unspecified atom stereocenters. The van der Waals surface area contributed by atoms with Crippen molar-refractivity contribution in [2.75, 3.05) is 5.32 Å². The van der Waals surface area contributed by atoms with E-state index in [0.29, 0.717) is 21.2 Å². The highest BCUT2D eigenvalue weighted by Gasteiger charge is 2.24. The van der Waals surface area contributed by atoms with Gasteiger partial charge in [-0.2, -0.15) is 0 Å². The van der Waals surface area contributed by atoms with Crippen molar-refractivity contribution in [2.24, 2.45) is 5.73 Å². The van der Waals surface area contributed by atoms with E-state index in [1.807, 2.05) is 13.8 Å². The second-order valence-corrected chi connectivity index (χ2v) is 7.05. The fourth-order valence-corrected chi connectivity index (χ4v) is 3.36. The monoisotopic (exact) mass is 380 g/mol. The van der Waals surface area contributed by atoms with Gasteiger partial charge in [0.05, 0.1) is 5.56 Å². The van der Waals surface area contributed by atoms with Crippen molar-refractivity contribution < 1.29 is 19.1 Å². The van der Waals surface area contributed by atoms with Crippen molar-refractivity contribution in [3.8, 4) is 0 Å². The van der Waals surface area contributed by atoms with Crippen LogP contribution in [0.3, 0.4) is 0 Å². The van der Waals surface area contributed by atoms with Gasteiger partial charge in [-0.25, -0.2) is 4.79 Å². The first-order chi connectivity index (χ1) is 11.7. The number of amides is 2. The Morgan fingerprint density at radius 2 is 1.80 bits per heavy atom. The topological polar surface area (TPSA) is 98.5 Å². The maximum absolute atomic E-state index is 12.8. The number of ketones is 1. The van der Waals surface area contributed by atoms with Crippen LogP contribution >= 0.6 is 22.9 Å². The molecule has 8 heteroatoms. The number of nitrogens with one attached hydrogen (secondary N) is 1. The van der Waals surface area contributed by atoms with Crippen LogP contribution in [0.4, 0.5) is 9.80 Å². The number of rotatable bonds is 5. The maximum Gasteiger partial charge on any atom is 0.405 e. The highest BCUT2D eigenvalue weighted by molar-refractivity contribution is 7.16. The van der Waals surface area contributed by atoms with E-state index < -0.39 is 18.1 Å². The number of aryl methyl sites for hydroxylation is 1. The summed E-state index contributed by atoms with van der Waals surface area (Å²) in [7, 11) is 0. The van der Waals surface area contributed by atoms with E-state index in [1.165, 1.54) is 18.3 Å². The zero-order valence-electron chi connectivity index (χ0n) is 13.9. The number of thiophene rings is 1. The van der Waals surface area contributed by atoms with Gasteiger partial charge in [-0.05, 0) is 50.6 Å². The van der Waals surface area contributed by atoms with Crippen molar-refractivity contribution in [2.45, 2.75) is 26.9 Å². The van der Waals surface area contributed by atoms with E-state index in [4.69, 9.17) is 17.3 Å². The Morgan fingerprint density at radius 1 is 1.20 bits per heavy atom. The number of anilines is 1. The molecule has 0 aliphatic carbocycles. The van der Waals surface area contributed by atoms with Gasteiger partial charge in [0.1, 0.15) is 5.00 Å². The molecule has 0 aliphatic rings. The van der Waals surface area contributed by atoms with Crippen LogP contribution in [0.25, 0.3) is 0 Å². The van der Waals surface area contributed by atoms with Crippen molar-refractivity contribution >= 4 is 45.7 Å². The van der Waals surface area contributed by atoms with Gasteiger partial charge >= 0.3 is 6.09 Å². The Hall–Kier alpha value is -2.38. The fraction of sp³-hybridized carbons (Fsp3) is 0.235. The summed E-state index contributed by atoms with van der Waals surface area (Å²) in [5.41, 5.74) is 6.56. The third kappa shape index (κ3) is 4.37. The number of carbonyl (C=O) groups is 3. The van der Waals surface area contributed by atoms with Gasteiger partial charge in [-0.3, -0.25) is 9.59 Å². The molecule has 0 aliphatic heterocycles. The first-order valence-electron chi connectivity index (χ1n) is 7.38. The summed E-state index contributed by atoms with van der Waals surface area (Å²) in [6, 6.07) is 6.51. The number of halogens is 1. The summed E-state index contributed by atoms with van der Waals surface area (Å²) in [5, 5.41) is 3.57. The molecule has 2 rings (SSSR count). The summed E-state index contributed by atoms with van der Waals surface area (Å²) in [6.07, 6.45) is -2.11.